The van der Waals surface area contributed by atoms with Gasteiger partial charge in [-0.15, -0.1) is 0 Å². The Bertz CT molecular complexity index is 199. The minimum Gasteiger partial charge on any atom is -0.392 e. The summed E-state index contributed by atoms with van der Waals surface area (Å²) in [5.41, 5.74) is 0. The second-order valence-corrected chi connectivity index (χ2v) is 3.71. The van der Waals surface area contributed by atoms with Gasteiger partial charge in [0.15, 0.2) is 0 Å². The zero-order chi connectivity index (χ0) is 9.30. The van der Waals surface area contributed by atoms with E-state index in [1.54, 1.807) is 0 Å². The molecule has 0 aliphatic carbocycles. The number of aliphatic hydroxyl groups is 1. The maximum absolute atomic E-state index is 9.58. The Morgan fingerprint density at radius 2 is 2.08 bits per heavy atom. The van der Waals surface area contributed by atoms with Gasteiger partial charge in [0, 0.05) is 12.1 Å². The van der Waals surface area contributed by atoms with Gasteiger partial charge in [-0.1, -0.05) is 0 Å². The van der Waals surface area contributed by atoms with Crippen molar-refractivity contribution in [1.82, 2.24) is 4.90 Å². The van der Waals surface area contributed by atoms with Gasteiger partial charge in [0.05, 0.1) is 18.1 Å². The molecular weight excluding hydrogens is 152 g/mol. The molecule has 3 unspecified atom stereocenters. The molecule has 1 aliphatic heterocycles. The van der Waals surface area contributed by atoms with Crippen molar-refractivity contribution in [2.75, 3.05) is 7.05 Å². The third-order valence-corrected chi connectivity index (χ3v) is 3.00. The number of nitrogens with zero attached hydrogens (tertiary/aromatic N) is 2. The maximum atomic E-state index is 9.58. The smallest absolute Gasteiger partial charge is 0.0875 e. The van der Waals surface area contributed by atoms with E-state index in [1.807, 2.05) is 14.0 Å². The molecule has 12 heavy (non-hydrogen) atoms. The highest BCUT2D eigenvalue weighted by Crippen LogP contribution is 2.26. The number of hydrogen-bond acceptors (Lipinski definition) is 3. The van der Waals surface area contributed by atoms with Crippen LogP contribution >= 0.6 is 0 Å². The summed E-state index contributed by atoms with van der Waals surface area (Å²) in [6.07, 6.45) is 0.259. The fourth-order valence-corrected chi connectivity index (χ4v) is 1.83. The highest BCUT2D eigenvalue weighted by molar-refractivity contribution is 5.00. The Hall–Kier alpha value is -0.590. The van der Waals surface area contributed by atoms with Crippen LogP contribution in [0.5, 0.6) is 0 Å². The second kappa shape index (κ2) is 3.42. The number of aliphatic hydroxyl groups excluding tert-OH is 1. The Morgan fingerprint density at radius 3 is 2.58 bits per heavy atom. The Labute approximate surface area is 73.6 Å². The van der Waals surface area contributed by atoms with Crippen molar-refractivity contribution in [3.05, 3.63) is 0 Å². The van der Waals surface area contributed by atoms with E-state index in [1.165, 1.54) is 0 Å². The van der Waals surface area contributed by atoms with Crippen molar-refractivity contribution in [1.29, 1.82) is 5.26 Å². The summed E-state index contributed by atoms with van der Waals surface area (Å²) in [7, 11) is 2.01. The molecule has 3 heteroatoms. The molecule has 0 radical (unpaired) electrons. The standard InChI is InChI=1S/C9H16N2O/c1-6-4-9(12)8(5-10)7(2)11(6)3/h6-9,12H,4H2,1-3H3/t6?,7-,8?,9?/m0/s1. The second-order valence-electron chi connectivity index (χ2n) is 3.71. The van der Waals surface area contributed by atoms with Gasteiger partial charge in [-0.25, -0.2) is 0 Å². The largest absolute Gasteiger partial charge is 0.392 e. The summed E-state index contributed by atoms with van der Waals surface area (Å²) in [6, 6.07) is 2.70. The fourth-order valence-electron chi connectivity index (χ4n) is 1.83. The number of piperidine rings is 1. The number of nitriles is 1. The molecule has 1 rings (SSSR count). The molecule has 4 atom stereocenters. The average Bonchev–Trinajstić information content (AvgIpc) is 2.01. The summed E-state index contributed by atoms with van der Waals surface area (Å²) in [4.78, 5) is 2.15. The lowest BCUT2D eigenvalue weighted by molar-refractivity contribution is -0.00324. The average molecular weight is 168 g/mol. The summed E-state index contributed by atoms with van der Waals surface area (Å²) >= 11 is 0. The molecular formula is C9H16N2O. The molecule has 1 N–H and O–H groups in total. The molecule has 1 aliphatic rings. The summed E-state index contributed by atoms with van der Waals surface area (Å²) < 4.78 is 0. The van der Waals surface area contributed by atoms with Gasteiger partial charge >= 0.3 is 0 Å². The van der Waals surface area contributed by atoms with Crippen LogP contribution in [0.1, 0.15) is 20.3 Å². The van der Waals surface area contributed by atoms with Gasteiger partial charge in [-0.3, -0.25) is 4.90 Å². The third kappa shape index (κ3) is 1.45. The molecule has 0 aromatic rings. The number of rotatable bonds is 0. The van der Waals surface area contributed by atoms with E-state index in [-0.39, 0.29) is 12.0 Å². The number of hydrogen-bond donors (Lipinski definition) is 1. The Kier molecular flexibility index (Phi) is 2.71. The van der Waals surface area contributed by atoms with Gasteiger partial charge < -0.3 is 5.11 Å². The minimum absolute atomic E-state index is 0.161. The van der Waals surface area contributed by atoms with E-state index in [0.717, 1.165) is 0 Å². The third-order valence-electron chi connectivity index (χ3n) is 3.00. The first-order chi connectivity index (χ1) is 5.57. The van der Waals surface area contributed by atoms with Crippen LogP contribution < -0.4 is 0 Å². The van der Waals surface area contributed by atoms with Gasteiger partial charge in [-0.05, 0) is 27.3 Å². The summed E-state index contributed by atoms with van der Waals surface area (Å²) in [5.74, 6) is -0.230. The lowest BCUT2D eigenvalue weighted by Gasteiger charge is -2.41. The Balaban J connectivity index is 2.74. The van der Waals surface area contributed by atoms with Crippen molar-refractivity contribution in [3.63, 3.8) is 0 Å². The normalized spacial score (nSPS) is 43.9. The van der Waals surface area contributed by atoms with Crippen LogP contribution in [0, 0.1) is 17.2 Å². The minimum atomic E-state index is -0.448. The van der Waals surface area contributed by atoms with Crippen LogP contribution in [0.2, 0.25) is 0 Å². The van der Waals surface area contributed by atoms with Gasteiger partial charge in [0.25, 0.3) is 0 Å². The van der Waals surface area contributed by atoms with Crippen molar-refractivity contribution in [2.24, 2.45) is 5.92 Å². The van der Waals surface area contributed by atoms with Crippen molar-refractivity contribution in [2.45, 2.75) is 38.5 Å². The molecule has 0 spiro atoms. The molecule has 3 nitrogen and oxygen atoms in total. The van der Waals surface area contributed by atoms with Crippen LogP contribution in [0.25, 0.3) is 0 Å². The van der Waals surface area contributed by atoms with E-state index in [2.05, 4.69) is 17.9 Å². The van der Waals surface area contributed by atoms with Gasteiger partial charge in [-0.2, -0.15) is 5.26 Å². The van der Waals surface area contributed by atoms with E-state index >= 15 is 0 Å². The first-order valence-electron chi connectivity index (χ1n) is 4.37. The highest BCUT2D eigenvalue weighted by atomic mass is 16.3. The molecule has 0 aromatic carbocycles. The summed E-state index contributed by atoms with van der Waals surface area (Å²) in [5, 5.41) is 18.4. The first kappa shape index (κ1) is 9.50. The predicted octanol–water partition coefficient (Wildman–Crippen LogP) is 0.600. The topological polar surface area (TPSA) is 47.3 Å². The molecule has 1 saturated heterocycles. The van der Waals surface area contributed by atoms with Crippen LogP contribution in [0.4, 0.5) is 0 Å². The molecule has 0 bridgehead atoms. The maximum Gasteiger partial charge on any atom is 0.0875 e. The zero-order valence-corrected chi connectivity index (χ0v) is 7.86. The van der Waals surface area contributed by atoms with Crippen molar-refractivity contribution < 1.29 is 5.11 Å². The molecule has 68 valence electrons. The SMILES string of the molecule is CC1CC(O)C(C#N)[C@H](C)N1C. The van der Waals surface area contributed by atoms with Gasteiger partial charge in [0.2, 0.25) is 0 Å². The molecule has 1 fully saturated rings. The lowest BCUT2D eigenvalue weighted by Crippen LogP contribution is -2.51. The fraction of sp³-hybridized carbons (Fsp3) is 0.889. The van der Waals surface area contributed by atoms with Crippen LogP contribution in [0.15, 0.2) is 0 Å². The van der Waals surface area contributed by atoms with E-state index in [9.17, 15) is 5.11 Å². The quantitative estimate of drug-likeness (QED) is 0.576. The van der Waals surface area contributed by atoms with Crippen molar-refractivity contribution >= 4 is 0 Å². The lowest BCUT2D eigenvalue weighted by atomic mass is 9.86. The molecule has 1 heterocycles. The van der Waals surface area contributed by atoms with Crippen LogP contribution in [-0.4, -0.2) is 35.2 Å². The zero-order valence-electron chi connectivity index (χ0n) is 7.86. The predicted molar refractivity (Wildman–Crippen MR) is 46.4 cm³/mol. The monoisotopic (exact) mass is 168 g/mol. The van der Waals surface area contributed by atoms with E-state index in [4.69, 9.17) is 5.26 Å². The summed E-state index contributed by atoms with van der Waals surface area (Å²) in [6.45, 7) is 4.07. The highest BCUT2D eigenvalue weighted by Gasteiger charge is 2.36. The molecule has 0 amide bonds. The molecule has 0 aromatic heterocycles. The molecule has 0 saturated carbocycles. The van der Waals surface area contributed by atoms with Gasteiger partial charge in [0.1, 0.15) is 0 Å². The van der Waals surface area contributed by atoms with Crippen LogP contribution in [0.3, 0.4) is 0 Å². The van der Waals surface area contributed by atoms with Crippen LogP contribution in [-0.2, 0) is 0 Å². The number of likely N-dealkylation sites (tertiary alicyclic amines) is 1. The van der Waals surface area contributed by atoms with E-state index in [0.29, 0.717) is 12.5 Å². The Morgan fingerprint density at radius 1 is 1.50 bits per heavy atom. The first-order valence-corrected chi connectivity index (χ1v) is 4.37. The van der Waals surface area contributed by atoms with Crippen molar-refractivity contribution in [3.8, 4) is 6.07 Å². The van der Waals surface area contributed by atoms with E-state index < -0.39 is 6.10 Å².